The van der Waals surface area contributed by atoms with Gasteiger partial charge in [-0.15, -0.1) is 11.3 Å². The van der Waals surface area contributed by atoms with E-state index in [0.717, 1.165) is 4.90 Å². The Bertz CT molecular complexity index is 900. The summed E-state index contributed by atoms with van der Waals surface area (Å²) in [6.07, 6.45) is 6.46. The van der Waals surface area contributed by atoms with Crippen molar-refractivity contribution in [3.63, 3.8) is 0 Å². The topological polar surface area (TPSA) is 16.4 Å². The molecule has 1 aromatic carbocycles. The number of anilines is 1. The maximum atomic E-state index is 6.36. The van der Waals surface area contributed by atoms with Crippen LogP contribution in [0.2, 0.25) is 0 Å². The number of hydrogen-bond donors (Lipinski definition) is 0. The van der Waals surface area contributed by atoms with Gasteiger partial charge in [0.1, 0.15) is 5.76 Å². The maximum absolute atomic E-state index is 6.36. The molecule has 3 heterocycles. The Morgan fingerprint density at radius 3 is 2.71 bits per heavy atom. The van der Waals surface area contributed by atoms with Gasteiger partial charge in [0, 0.05) is 16.6 Å². The van der Waals surface area contributed by atoms with E-state index in [1.807, 2.05) is 0 Å². The van der Waals surface area contributed by atoms with Crippen LogP contribution in [-0.4, -0.2) is 0 Å². The number of hydrogen-bond acceptors (Lipinski definition) is 3. The second-order valence-corrected chi connectivity index (χ2v) is 8.27. The lowest BCUT2D eigenvalue weighted by molar-refractivity contribution is 0.285. The van der Waals surface area contributed by atoms with Crippen molar-refractivity contribution in [2.75, 3.05) is 4.90 Å². The number of fused-ring (bicyclic) bond motifs is 4. The molecule has 3 aromatic rings. The second-order valence-electron chi connectivity index (χ2n) is 7.39. The van der Waals surface area contributed by atoms with Gasteiger partial charge in [-0.2, -0.15) is 0 Å². The van der Waals surface area contributed by atoms with Crippen molar-refractivity contribution >= 4 is 27.3 Å². The molecule has 0 radical (unpaired) electrons. The van der Waals surface area contributed by atoms with Crippen LogP contribution in [-0.2, 0) is 5.54 Å². The highest BCUT2D eigenvalue weighted by Gasteiger charge is 2.52. The summed E-state index contributed by atoms with van der Waals surface area (Å²) in [5.41, 5.74) is 4.35. The zero-order valence-electron chi connectivity index (χ0n) is 14.3. The highest BCUT2D eigenvalue weighted by Crippen LogP contribution is 2.58. The Morgan fingerprint density at radius 1 is 1.12 bits per heavy atom. The number of aryl methyl sites for hydroxylation is 1. The van der Waals surface area contributed by atoms with Crippen LogP contribution in [0.3, 0.4) is 0 Å². The van der Waals surface area contributed by atoms with Gasteiger partial charge < -0.3 is 9.32 Å². The fourth-order valence-corrected chi connectivity index (χ4v) is 5.89. The van der Waals surface area contributed by atoms with Gasteiger partial charge >= 0.3 is 0 Å². The monoisotopic (exact) mass is 337 g/mol. The van der Waals surface area contributed by atoms with Crippen LogP contribution in [0.25, 0.3) is 10.3 Å². The first-order valence-electron chi connectivity index (χ1n) is 9.08. The Labute approximate surface area is 147 Å². The standard InChI is InChI=1S/C21H23NOS/c1-14-8-4-5-9-17(14)22-15(2)19-18(16-10-13-24-20(16)23-19)21(22)11-6-3-7-12-21/h4-5,8-10,13,15H,3,6-7,11-12H2,1-2H3. The molecule has 24 heavy (non-hydrogen) atoms. The lowest BCUT2D eigenvalue weighted by atomic mass is 9.76. The van der Waals surface area contributed by atoms with Gasteiger partial charge in [0.25, 0.3) is 0 Å². The van der Waals surface area contributed by atoms with Crippen LogP contribution in [0.4, 0.5) is 5.69 Å². The fraction of sp³-hybridized carbons (Fsp3) is 0.429. The smallest absolute Gasteiger partial charge is 0.188 e. The van der Waals surface area contributed by atoms with E-state index in [1.165, 1.54) is 60.1 Å². The van der Waals surface area contributed by atoms with Crippen molar-refractivity contribution < 1.29 is 4.42 Å². The first-order chi connectivity index (χ1) is 11.7. The van der Waals surface area contributed by atoms with Crippen molar-refractivity contribution in [3.05, 3.63) is 52.6 Å². The van der Waals surface area contributed by atoms with E-state index in [-0.39, 0.29) is 5.54 Å². The van der Waals surface area contributed by atoms with Gasteiger partial charge in [-0.25, -0.2) is 0 Å². The maximum Gasteiger partial charge on any atom is 0.188 e. The van der Waals surface area contributed by atoms with Gasteiger partial charge in [0.15, 0.2) is 4.90 Å². The van der Waals surface area contributed by atoms with Crippen LogP contribution in [0.5, 0.6) is 0 Å². The average molecular weight is 337 g/mol. The molecule has 0 N–H and O–H groups in total. The normalized spacial score (nSPS) is 22.4. The summed E-state index contributed by atoms with van der Waals surface area (Å²) in [6.45, 7) is 4.56. The van der Waals surface area contributed by atoms with Crippen molar-refractivity contribution in [1.82, 2.24) is 0 Å². The second kappa shape index (κ2) is 5.13. The van der Waals surface area contributed by atoms with E-state index in [2.05, 4.69) is 54.5 Å². The number of benzene rings is 1. The van der Waals surface area contributed by atoms with E-state index in [1.54, 1.807) is 11.3 Å². The summed E-state index contributed by atoms with van der Waals surface area (Å²) in [4.78, 5) is 3.80. The third-order valence-electron chi connectivity index (χ3n) is 6.10. The minimum Gasteiger partial charge on any atom is -0.448 e. The van der Waals surface area contributed by atoms with Gasteiger partial charge in [-0.05, 0) is 49.8 Å². The highest BCUT2D eigenvalue weighted by atomic mass is 32.1. The Balaban J connectivity index is 1.78. The molecule has 1 aliphatic carbocycles. The van der Waals surface area contributed by atoms with E-state index < -0.39 is 0 Å². The molecule has 1 atom stereocenters. The first kappa shape index (κ1) is 14.6. The molecule has 0 saturated heterocycles. The number of para-hydroxylation sites is 1. The lowest BCUT2D eigenvalue weighted by Crippen LogP contribution is -2.44. The molecule has 1 aliphatic heterocycles. The van der Waals surface area contributed by atoms with Crippen molar-refractivity contribution in [2.45, 2.75) is 57.5 Å². The SMILES string of the molecule is Cc1ccccc1N1C(C)c2oc3sccc3c2C12CCCCC2. The molecule has 2 nitrogen and oxygen atoms in total. The molecule has 1 unspecified atom stereocenters. The predicted octanol–water partition coefficient (Wildman–Crippen LogP) is 6.54. The molecular formula is C21H23NOS. The van der Waals surface area contributed by atoms with Crippen LogP contribution >= 0.6 is 11.3 Å². The number of nitrogens with zero attached hydrogens (tertiary/aromatic N) is 1. The van der Waals surface area contributed by atoms with Crippen LogP contribution < -0.4 is 4.90 Å². The van der Waals surface area contributed by atoms with E-state index in [0.29, 0.717) is 6.04 Å². The third kappa shape index (κ3) is 1.76. The first-order valence-corrected chi connectivity index (χ1v) is 9.96. The van der Waals surface area contributed by atoms with Crippen molar-refractivity contribution in [1.29, 1.82) is 0 Å². The summed E-state index contributed by atoms with van der Waals surface area (Å²) in [5, 5.41) is 3.53. The van der Waals surface area contributed by atoms with E-state index in [4.69, 9.17) is 4.42 Å². The molecule has 0 bridgehead atoms. The number of furan rings is 1. The van der Waals surface area contributed by atoms with Gasteiger partial charge in [-0.1, -0.05) is 37.5 Å². The van der Waals surface area contributed by atoms with Gasteiger partial charge in [-0.3, -0.25) is 0 Å². The Morgan fingerprint density at radius 2 is 1.92 bits per heavy atom. The Hall–Kier alpha value is -1.74. The predicted molar refractivity (Wildman–Crippen MR) is 101 cm³/mol. The summed E-state index contributed by atoms with van der Waals surface area (Å²) in [7, 11) is 0. The van der Waals surface area contributed by atoms with Gasteiger partial charge in [0.2, 0.25) is 0 Å². The summed E-state index contributed by atoms with van der Waals surface area (Å²) >= 11 is 1.74. The summed E-state index contributed by atoms with van der Waals surface area (Å²) < 4.78 is 6.36. The van der Waals surface area contributed by atoms with Crippen LogP contribution in [0.1, 0.15) is 62.0 Å². The molecule has 0 amide bonds. The molecule has 1 spiro atoms. The van der Waals surface area contributed by atoms with Crippen LogP contribution in [0.15, 0.2) is 40.1 Å². The molecule has 124 valence electrons. The van der Waals surface area contributed by atoms with E-state index >= 15 is 0 Å². The summed E-state index contributed by atoms with van der Waals surface area (Å²) in [5.74, 6) is 1.21. The van der Waals surface area contributed by atoms with Gasteiger partial charge in [0.05, 0.1) is 11.6 Å². The zero-order chi connectivity index (χ0) is 16.3. The molecule has 1 fully saturated rings. The Kier molecular flexibility index (Phi) is 3.12. The summed E-state index contributed by atoms with van der Waals surface area (Å²) in [6, 6.07) is 11.4. The molecule has 2 aliphatic rings. The van der Waals surface area contributed by atoms with Crippen LogP contribution in [0, 0.1) is 6.92 Å². The minimum atomic E-state index is 0.117. The highest BCUT2D eigenvalue weighted by molar-refractivity contribution is 7.16. The largest absolute Gasteiger partial charge is 0.448 e. The molecule has 2 aromatic heterocycles. The third-order valence-corrected chi connectivity index (χ3v) is 6.89. The molecule has 3 heteroatoms. The molecular weight excluding hydrogens is 314 g/mol. The minimum absolute atomic E-state index is 0.117. The average Bonchev–Trinajstić information content (AvgIpc) is 3.22. The number of thiophene rings is 1. The number of rotatable bonds is 1. The fourth-order valence-electron chi connectivity index (χ4n) is 5.13. The quantitative estimate of drug-likeness (QED) is 0.501. The lowest BCUT2D eigenvalue weighted by Gasteiger charge is -2.45. The molecule has 5 rings (SSSR count). The zero-order valence-corrected chi connectivity index (χ0v) is 15.2. The molecule has 1 saturated carbocycles. The van der Waals surface area contributed by atoms with Crippen molar-refractivity contribution in [3.8, 4) is 0 Å². The van der Waals surface area contributed by atoms with E-state index in [9.17, 15) is 0 Å². The van der Waals surface area contributed by atoms with Crippen molar-refractivity contribution in [2.24, 2.45) is 0 Å².